The molecule has 1 aromatic carbocycles. The van der Waals surface area contributed by atoms with Crippen molar-refractivity contribution in [2.75, 3.05) is 20.3 Å². The van der Waals surface area contributed by atoms with Crippen molar-refractivity contribution >= 4 is 11.6 Å². The topological polar surface area (TPSA) is 39.7 Å². The third-order valence-corrected chi connectivity index (χ3v) is 3.20. The highest BCUT2D eigenvalue weighted by molar-refractivity contribution is 6.32. The zero-order valence-electron chi connectivity index (χ0n) is 14.2. The molecule has 22 heavy (non-hydrogen) atoms. The molecule has 0 heterocycles. The first-order valence-electron chi connectivity index (χ1n) is 7.79. The van der Waals surface area contributed by atoms with Gasteiger partial charge in [0.25, 0.3) is 0 Å². The number of benzene rings is 1. The van der Waals surface area contributed by atoms with E-state index < -0.39 is 0 Å². The summed E-state index contributed by atoms with van der Waals surface area (Å²) in [6, 6.07) is 3.88. The van der Waals surface area contributed by atoms with E-state index in [1.54, 1.807) is 7.11 Å². The largest absolute Gasteiger partial charge is 0.493 e. The van der Waals surface area contributed by atoms with E-state index in [1.165, 1.54) is 0 Å². The van der Waals surface area contributed by atoms with Gasteiger partial charge < -0.3 is 19.5 Å². The third kappa shape index (κ3) is 6.86. The van der Waals surface area contributed by atoms with E-state index in [-0.39, 0.29) is 12.2 Å². The van der Waals surface area contributed by atoms with E-state index >= 15 is 0 Å². The van der Waals surface area contributed by atoms with Crippen LogP contribution < -0.4 is 14.8 Å². The maximum absolute atomic E-state index is 6.30. The summed E-state index contributed by atoms with van der Waals surface area (Å²) in [6.45, 7) is 10.4. The molecule has 0 radical (unpaired) electrons. The second-order valence-electron chi connectivity index (χ2n) is 5.73. The van der Waals surface area contributed by atoms with E-state index in [4.69, 9.17) is 25.8 Å². The quantitative estimate of drug-likeness (QED) is 0.658. The molecular formula is C17H28ClNO3. The summed E-state index contributed by atoms with van der Waals surface area (Å²) < 4.78 is 16.6. The Bertz CT molecular complexity index is 450. The molecule has 1 N–H and O–H groups in total. The van der Waals surface area contributed by atoms with Gasteiger partial charge in [0.2, 0.25) is 0 Å². The standard InChI is InChI=1S/C17H28ClNO3/c1-12(2)21-8-6-7-19-11-14-9-15(18)17(22-13(3)4)16(10-14)20-5/h9-10,12-13,19H,6-8,11H2,1-5H3. The first-order valence-corrected chi connectivity index (χ1v) is 8.17. The van der Waals surface area contributed by atoms with Crippen LogP contribution >= 0.6 is 11.6 Å². The molecule has 1 rings (SSSR count). The lowest BCUT2D eigenvalue weighted by atomic mass is 10.2. The summed E-state index contributed by atoms with van der Waals surface area (Å²) in [5.74, 6) is 1.27. The van der Waals surface area contributed by atoms with Crippen LogP contribution in [-0.4, -0.2) is 32.5 Å². The SMILES string of the molecule is COc1cc(CNCCCOC(C)C)cc(Cl)c1OC(C)C. The van der Waals surface area contributed by atoms with Crippen LogP contribution in [0.5, 0.6) is 11.5 Å². The highest BCUT2D eigenvalue weighted by atomic mass is 35.5. The summed E-state index contributed by atoms with van der Waals surface area (Å²) in [4.78, 5) is 0. The van der Waals surface area contributed by atoms with Crippen molar-refractivity contribution in [2.45, 2.75) is 52.9 Å². The van der Waals surface area contributed by atoms with Crippen molar-refractivity contribution in [3.63, 3.8) is 0 Å². The van der Waals surface area contributed by atoms with Crippen molar-refractivity contribution in [1.82, 2.24) is 5.32 Å². The number of ether oxygens (including phenoxy) is 3. The molecule has 0 aliphatic carbocycles. The molecule has 0 unspecified atom stereocenters. The molecule has 1 aromatic rings. The summed E-state index contributed by atoms with van der Waals surface area (Å²) in [5.41, 5.74) is 1.07. The van der Waals surface area contributed by atoms with E-state index in [0.717, 1.165) is 31.7 Å². The first kappa shape index (κ1) is 19.1. The van der Waals surface area contributed by atoms with Crippen LogP contribution in [0.15, 0.2) is 12.1 Å². The Balaban J connectivity index is 2.52. The van der Waals surface area contributed by atoms with Gasteiger partial charge in [0, 0.05) is 13.2 Å². The van der Waals surface area contributed by atoms with Crippen LogP contribution in [0, 0.1) is 0 Å². The zero-order valence-corrected chi connectivity index (χ0v) is 15.0. The van der Waals surface area contributed by atoms with Crippen molar-refractivity contribution in [1.29, 1.82) is 0 Å². The van der Waals surface area contributed by atoms with Crippen LogP contribution in [0.4, 0.5) is 0 Å². The summed E-state index contributed by atoms with van der Waals surface area (Å²) >= 11 is 6.30. The monoisotopic (exact) mass is 329 g/mol. The van der Waals surface area contributed by atoms with Crippen molar-refractivity contribution in [2.24, 2.45) is 0 Å². The van der Waals surface area contributed by atoms with Crippen LogP contribution in [0.2, 0.25) is 5.02 Å². The fourth-order valence-electron chi connectivity index (χ4n) is 1.97. The predicted molar refractivity (Wildman–Crippen MR) is 91.2 cm³/mol. The van der Waals surface area contributed by atoms with Crippen LogP contribution in [0.25, 0.3) is 0 Å². The molecule has 0 aliphatic heterocycles. The fraction of sp³-hybridized carbons (Fsp3) is 0.647. The van der Waals surface area contributed by atoms with Gasteiger partial charge in [-0.15, -0.1) is 0 Å². The molecule has 4 nitrogen and oxygen atoms in total. The number of rotatable bonds is 10. The van der Waals surface area contributed by atoms with E-state index in [9.17, 15) is 0 Å². The van der Waals surface area contributed by atoms with E-state index in [1.807, 2.05) is 39.8 Å². The van der Waals surface area contributed by atoms with Gasteiger partial charge in [-0.3, -0.25) is 0 Å². The lowest BCUT2D eigenvalue weighted by Gasteiger charge is -2.16. The highest BCUT2D eigenvalue weighted by Crippen LogP contribution is 2.37. The Morgan fingerprint density at radius 2 is 1.86 bits per heavy atom. The molecule has 0 amide bonds. The molecule has 0 aromatic heterocycles. The molecule has 0 atom stereocenters. The van der Waals surface area contributed by atoms with E-state index in [2.05, 4.69) is 5.32 Å². The van der Waals surface area contributed by atoms with Gasteiger partial charge in [-0.2, -0.15) is 0 Å². The molecule has 126 valence electrons. The molecule has 5 heteroatoms. The Hall–Kier alpha value is -0.970. The summed E-state index contributed by atoms with van der Waals surface area (Å²) in [5, 5.41) is 3.96. The smallest absolute Gasteiger partial charge is 0.180 e. The van der Waals surface area contributed by atoms with Gasteiger partial charge in [0.05, 0.1) is 24.3 Å². The maximum atomic E-state index is 6.30. The average molecular weight is 330 g/mol. The first-order chi connectivity index (χ1) is 10.4. The van der Waals surface area contributed by atoms with Crippen LogP contribution in [0.3, 0.4) is 0 Å². The van der Waals surface area contributed by atoms with Crippen LogP contribution in [0.1, 0.15) is 39.7 Å². The minimum atomic E-state index is 0.0522. The molecular weight excluding hydrogens is 302 g/mol. The normalized spacial score (nSPS) is 11.3. The second kappa shape index (κ2) is 9.93. The fourth-order valence-corrected chi connectivity index (χ4v) is 2.25. The molecule has 0 saturated carbocycles. The van der Waals surface area contributed by atoms with Crippen molar-refractivity contribution < 1.29 is 14.2 Å². The second-order valence-corrected chi connectivity index (χ2v) is 6.13. The minimum Gasteiger partial charge on any atom is -0.493 e. The van der Waals surface area contributed by atoms with Gasteiger partial charge in [-0.05, 0) is 58.4 Å². The average Bonchev–Trinajstić information content (AvgIpc) is 2.44. The number of hydrogen-bond donors (Lipinski definition) is 1. The predicted octanol–water partition coefficient (Wildman–Crippen LogP) is 4.04. The van der Waals surface area contributed by atoms with Crippen molar-refractivity contribution in [3.8, 4) is 11.5 Å². The van der Waals surface area contributed by atoms with E-state index in [0.29, 0.717) is 16.5 Å². The van der Waals surface area contributed by atoms with Crippen LogP contribution in [-0.2, 0) is 11.3 Å². The molecule has 0 bridgehead atoms. The molecule has 0 spiro atoms. The molecule has 0 aliphatic rings. The summed E-state index contributed by atoms with van der Waals surface area (Å²) in [7, 11) is 1.62. The van der Waals surface area contributed by atoms with Gasteiger partial charge in [0.1, 0.15) is 0 Å². The Kier molecular flexibility index (Phi) is 8.61. The number of nitrogens with one attached hydrogen (secondary N) is 1. The lowest BCUT2D eigenvalue weighted by molar-refractivity contribution is 0.0770. The van der Waals surface area contributed by atoms with Gasteiger partial charge >= 0.3 is 0 Å². The van der Waals surface area contributed by atoms with Gasteiger partial charge in [0.15, 0.2) is 11.5 Å². The van der Waals surface area contributed by atoms with Gasteiger partial charge in [-0.25, -0.2) is 0 Å². The number of methoxy groups -OCH3 is 1. The lowest BCUT2D eigenvalue weighted by Crippen LogP contribution is -2.17. The van der Waals surface area contributed by atoms with Crippen molar-refractivity contribution in [3.05, 3.63) is 22.7 Å². The Morgan fingerprint density at radius 3 is 2.45 bits per heavy atom. The Labute approximate surface area is 139 Å². The maximum Gasteiger partial charge on any atom is 0.180 e. The Morgan fingerprint density at radius 1 is 1.14 bits per heavy atom. The summed E-state index contributed by atoms with van der Waals surface area (Å²) in [6.07, 6.45) is 1.32. The highest BCUT2D eigenvalue weighted by Gasteiger charge is 2.13. The molecule has 0 fully saturated rings. The third-order valence-electron chi connectivity index (χ3n) is 2.92. The molecule has 0 saturated heterocycles. The van der Waals surface area contributed by atoms with Gasteiger partial charge in [-0.1, -0.05) is 11.6 Å². The number of hydrogen-bond acceptors (Lipinski definition) is 4. The minimum absolute atomic E-state index is 0.0522. The zero-order chi connectivity index (χ0) is 16.5. The number of halogens is 1.